The Hall–Kier alpha value is -2.08. The topological polar surface area (TPSA) is 59.0 Å². The SMILES string of the molecule is CCOC(=O)C1CCCN(C2=NC(=O)C(=Cc3ccc(C)cc3)S2)C1. The number of hydrogen-bond acceptors (Lipinski definition) is 5. The van der Waals surface area contributed by atoms with Crippen LogP contribution in [0, 0.1) is 12.8 Å². The monoisotopic (exact) mass is 358 g/mol. The number of aliphatic imine (C=N–C) groups is 1. The number of ether oxygens (including phenoxy) is 1. The zero-order chi connectivity index (χ0) is 17.8. The fourth-order valence-corrected chi connectivity index (χ4v) is 3.90. The summed E-state index contributed by atoms with van der Waals surface area (Å²) in [6.07, 6.45) is 3.59. The van der Waals surface area contributed by atoms with Crippen molar-refractivity contribution in [3.05, 3.63) is 40.3 Å². The van der Waals surface area contributed by atoms with Gasteiger partial charge in [0.15, 0.2) is 5.17 Å². The highest BCUT2D eigenvalue weighted by atomic mass is 32.2. The highest BCUT2D eigenvalue weighted by Gasteiger charge is 2.32. The molecule has 2 heterocycles. The minimum atomic E-state index is -0.209. The highest BCUT2D eigenvalue weighted by molar-refractivity contribution is 8.18. The summed E-state index contributed by atoms with van der Waals surface area (Å²) in [5.74, 6) is -0.506. The van der Waals surface area contributed by atoms with E-state index in [-0.39, 0.29) is 17.8 Å². The summed E-state index contributed by atoms with van der Waals surface area (Å²) in [5.41, 5.74) is 2.17. The molecular formula is C19H22N2O3S. The first-order valence-corrected chi connectivity index (χ1v) is 9.39. The number of amides is 1. The number of amidine groups is 1. The first-order chi connectivity index (χ1) is 12.1. The molecule has 1 aromatic carbocycles. The van der Waals surface area contributed by atoms with Crippen molar-refractivity contribution in [2.45, 2.75) is 26.7 Å². The molecule has 0 spiro atoms. The first kappa shape index (κ1) is 17.7. The molecule has 0 radical (unpaired) electrons. The van der Waals surface area contributed by atoms with Crippen LogP contribution in [0.25, 0.3) is 6.08 Å². The van der Waals surface area contributed by atoms with E-state index in [0.717, 1.165) is 24.9 Å². The zero-order valence-corrected chi connectivity index (χ0v) is 15.3. The average molecular weight is 358 g/mol. The van der Waals surface area contributed by atoms with Crippen LogP contribution in [0.2, 0.25) is 0 Å². The Labute approximate surface area is 152 Å². The van der Waals surface area contributed by atoms with Gasteiger partial charge in [-0.15, -0.1) is 0 Å². The Kier molecular flexibility index (Phi) is 5.58. The van der Waals surface area contributed by atoms with Gasteiger partial charge in [0, 0.05) is 13.1 Å². The van der Waals surface area contributed by atoms with E-state index < -0.39 is 0 Å². The molecule has 1 unspecified atom stereocenters. The lowest BCUT2D eigenvalue weighted by atomic mass is 9.99. The van der Waals surface area contributed by atoms with Crippen molar-refractivity contribution >= 4 is 34.9 Å². The van der Waals surface area contributed by atoms with E-state index in [1.807, 2.05) is 49.1 Å². The Morgan fingerprint density at radius 1 is 1.40 bits per heavy atom. The van der Waals surface area contributed by atoms with Gasteiger partial charge >= 0.3 is 5.97 Å². The standard InChI is InChI=1S/C19H22N2O3S/c1-3-24-18(23)15-5-4-10-21(12-15)19-20-17(22)16(25-19)11-14-8-6-13(2)7-9-14/h6-9,11,15H,3-5,10,12H2,1-2H3. The number of thioether (sulfide) groups is 1. The van der Waals surface area contributed by atoms with Crippen molar-refractivity contribution in [1.29, 1.82) is 0 Å². The molecule has 1 atom stereocenters. The minimum Gasteiger partial charge on any atom is -0.466 e. The van der Waals surface area contributed by atoms with Crippen molar-refractivity contribution in [1.82, 2.24) is 4.90 Å². The smallest absolute Gasteiger partial charge is 0.310 e. The van der Waals surface area contributed by atoms with Crippen molar-refractivity contribution in [2.75, 3.05) is 19.7 Å². The molecule has 132 valence electrons. The Morgan fingerprint density at radius 2 is 2.16 bits per heavy atom. The maximum atomic E-state index is 12.2. The summed E-state index contributed by atoms with van der Waals surface area (Å²) in [5, 5.41) is 0.692. The summed E-state index contributed by atoms with van der Waals surface area (Å²) in [6.45, 7) is 5.62. The predicted octanol–water partition coefficient (Wildman–Crippen LogP) is 3.24. The Balaban J connectivity index is 1.68. The molecule has 2 aliphatic rings. The number of esters is 1. The van der Waals surface area contributed by atoms with Crippen LogP contribution in [0.15, 0.2) is 34.2 Å². The first-order valence-electron chi connectivity index (χ1n) is 8.57. The van der Waals surface area contributed by atoms with E-state index in [1.54, 1.807) is 0 Å². The minimum absolute atomic E-state index is 0.141. The predicted molar refractivity (Wildman–Crippen MR) is 100 cm³/mol. The molecule has 6 heteroatoms. The van der Waals surface area contributed by atoms with E-state index >= 15 is 0 Å². The van der Waals surface area contributed by atoms with Gasteiger partial charge in [0.2, 0.25) is 0 Å². The van der Waals surface area contributed by atoms with Crippen LogP contribution >= 0.6 is 11.8 Å². The zero-order valence-electron chi connectivity index (χ0n) is 14.5. The molecule has 2 aliphatic heterocycles. The Morgan fingerprint density at radius 3 is 2.88 bits per heavy atom. The van der Waals surface area contributed by atoms with E-state index in [2.05, 4.69) is 4.99 Å². The number of rotatable bonds is 3. The van der Waals surface area contributed by atoms with Gasteiger partial charge in [0.05, 0.1) is 17.4 Å². The van der Waals surface area contributed by atoms with Crippen LogP contribution in [0.1, 0.15) is 30.9 Å². The summed E-state index contributed by atoms with van der Waals surface area (Å²) < 4.78 is 5.13. The van der Waals surface area contributed by atoms with Gasteiger partial charge in [-0.25, -0.2) is 0 Å². The van der Waals surface area contributed by atoms with Crippen LogP contribution in [0.5, 0.6) is 0 Å². The van der Waals surface area contributed by atoms with Gasteiger partial charge in [0.25, 0.3) is 5.91 Å². The van der Waals surface area contributed by atoms with E-state index in [0.29, 0.717) is 23.2 Å². The molecule has 3 rings (SSSR count). The summed E-state index contributed by atoms with van der Waals surface area (Å²) in [6, 6.07) is 8.03. The van der Waals surface area contributed by atoms with E-state index in [4.69, 9.17) is 4.74 Å². The number of piperidine rings is 1. The van der Waals surface area contributed by atoms with Crippen LogP contribution in [-0.4, -0.2) is 41.6 Å². The van der Waals surface area contributed by atoms with Crippen LogP contribution in [0.4, 0.5) is 0 Å². The molecular weight excluding hydrogens is 336 g/mol. The number of benzene rings is 1. The van der Waals surface area contributed by atoms with Gasteiger partial charge < -0.3 is 9.64 Å². The quantitative estimate of drug-likeness (QED) is 0.613. The number of nitrogens with zero attached hydrogens (tertiary/aromatic N) is 2. The second kappa shape index (κ2) is 7.87. The van der Waals surface area contributed by atoms with Gasteiger partial charge in [-0.1, -0.05) is 29.8 Å². The Bertz CT molecular complexity index is 725. The number of carbonyl (C=O) groups is 2. The molecule has 0 bridgehead atoms. The lowest BCUT2D eigenvalue weighted by molar-refractivity contribution is -0.149. The molecule has 0 aromatic heterocycles. The maximum absolute atomic E-state index is 12.2. The third-order valence-corrected chi connectivity index (χ3v) is 5.34. The van der Waals surface area contributed by atoms with E-state index in [9.17, 15) is 9.59 Å². The second-order valence-corrected chi connectivity index (χ2v) is 7.27. The molecule has 25 heavy (non-hydrogen) atoms. The average Bonchev–Trinajstić information content (AvgIpc) is 2.98. The maximum Gasteiger partial charge on any atom is 0.310 e. The lowest BCUT2D eigenvalue weighted by Gasteiger charge is -2.32. The molecule has 1 fully saturated rings. The number of aryl methyl sites for hydroxylation is 1. The van der Waals surface area contributed by atoms with Crippen LogP contribution in [-0.2, 0) is 14.3 Å². The van der Waals surface area contributed by atoms with Crippen molar-refractivity contribution in [3.8, 4) is 0 Å². The van der Waals surface area contributed by atoms with Gasteiger partial charge in [-0.2, -0.15) is 4.99 Å². The van der Waals surface area contributed by atoms with Crippen LogP contribution < -0.4 is 0 Å². The van der Waals surface area contributed by atoms with Crippen LogP contribution in [0.3, 0.4) is 0 Å². The summed E-state index contributed by atoms with van der Waals surface area (Å²) >= 11 is 1.39. The fraction of sp³-hybridized carbons (Fsp3) is 0.421. The van der Waals surface area contributed by atoms with Crippen molar-refractivity contribution < 1.29 is 14.3 Å². The number of carbonyl (C=O) groups excluding carboxylic acids is 2. The summed E-state index contributed by atoms with van der Waals surface area (Å²) in [7, 11) is 0. The molecule has 0 N–H and O–H groups in total. The van der Waals surface area contributed by atoms with Gasteiger partial charge in [-0.05, 0) is 50.1 Å². The second-order valence-electron chi connectivity index (χ2n) is 6.26. The molecule has 5 nitrogen and oxygen atoms in total. The van der Waals surface area contributed by atoms with Crippen molar-refractivity contribution in [3.63, 3.8) is 0 Å². The van der Waals surface area contributed by atoms with E-state index in [1.165, 1.54) is 17.3 Å². The summed E-state index contributed by atoms with van der Waals surface area (Å²) in [4.78, 5) is 31.1. The normalized spacial score (nSPS) is 22.2. The molecule has 0 aliphatic carbocycles. The third kappa shape index (κ3) is 4.31. The number of hydrogen-bond donors (Lipinski definition) is 0. The highest BCUT2D eigenvalue weighted by Crippen LogP contribution is 2.32. The molecule has 1 aromatic rings. The third-order valence-electron chi connectivity index (χ3n) is 4.30. The molecule has 1 amide bonds. The largest absolute Gasteiger partial charge is 0.466 e. The molecule has 0 saturated carbocycles. The van der Waals surface area contributed by atoms with Gasteiger partial charge in [0.1, 0.15) is 0 Å². The number of likely N-dealkylation sites (tertiary alicyclic amines) is 1. The fourth-order valence-electron chi connectivity index (χ4n) is 2.95. The molecule has 1 saturated heterocycles. The van der Waals surface area contributed by atoms with Gasteiger partial charge in [-0.3, -0.25) is 9.59 Å². The van der Waals surface area contributed by atoms with Crippen molar-refractivity contribution in [2.24, 2.45) is 10.9 Å². The lowest BCUT2D eigenvalue weighted by Crippen LogP contribution is -2.41.